The molecule has 2 aliphatic heterocycles. The molecule has 1 N–H and O–H groups in total. The predicted octanol–water partition coefficient (Wildman–Crippen LogP) is 6.91. The average Bonchev–Trinajstić information content (AvgIpc) is 2.92. The van der Waals surface area contributed by atoms with E-state index < -0.39 is 46.9 Å². The first-order valence-electron chi connectivity index (χ1n) is 12.7. The number of hydrogen-bond donors (Lipinski definition) is 1. The third-order valence-corrected chi connectivity index (χ3v) is 8.34. The summed E-state index contributed by atoms with van der Waals surface area (Å²) < 4.78 is 80.5. The minimum absolute atomic E-state index is 0. The van der Waals surface area contributed by atoms with Crippen LogP contribution in [0.2, 0.25) is 10.0 Å². The van der Waals surface area contributed by atoms with E-state index in [1.807, 2.05) is 0 Å². The van der Waals surface area contributed by atoms with E-state index in [9.17, 15) is 35.9 Å². The molecule has 0 bridgehead atoms. The van der Waals surface area contributed by atoms with Crippen LogP contribution in [0.4, 0.5) is 26.3 Å². The summed E-state index contributed by atoms with van der Waals surface area (Å²) in [5.74, 6) is -1.69. The van der Waals surface area contributed by atoms with Gasteiger partial charge in [0.2, 0.25) is 5.91 Å². The normalized spacial score (nSPS) is 20.4. The fourth-order valence-corrected chi connectivity index (χ4v) is 5.74. The predicted molar refractivity (Wildman–Crippen MR) is 146 cm³/mol. The van der Waals surface area contributed by atoms with Crippen LogP contribution in [0.15, 0.2) is 36.4 Å². The fraction of sp³-hybridized carbons (Fsp3) is 0.481. The first-order valence-corrected chi connectivity index (χ1v) is 13.4. The van der Waals surface area contributed by atoms with Crippen LogP contribution in [-0.2, 0) is 17.1 Å². The number of nitrogens with one attached hydrogen (secondary N) is 1. The Morgan fingerprint density at radius 1 is 0.902 bits per heavy atom. The van der Waals surface area contributed by atoms with Gasteiger partial charge in [-0.1, -0.05) is 29.3 Å². The molecule has 2 saturated heterocycles. The number of benzene rings is 2. The molecule has 4 rings (SSSR count). The van der Waals surface area contributed by atoms with Gasteiger partial charge < -0.3 is 15.1 Å². The molecular formula is C27H28Cl3F6N3O2. The standard InChI is InChI=1S/C27H27Cl2F6N3O2.ClH/c1-37(24(39)17-10-18(26(30,31)32)13-19(11-17)27(33,34)35)23-6-9-38(25(40)15-4-7-36-8-5-15)14-20(23)16-2-3-21(28)22(29)12-16;/h2-3,10-13,15,20,23,36H,4-9,14H2,1H3;1H. The van der Waals surface area contributed by atoms with E-state index in [2.05, 4.69) is 5.32 Å². The highest BCUT2D eigenvalue weighted by atomic mass is 35.5. The molecule has 2 aliphatic rings. The Balaban J connectivity index is 0.00000462. The summed E-state index contributed by atoms with van der Waals surface area (Å²) >= 11 is 12.3. The van der Waals surface area contributed by atoms with Crippen molar-refractivity contribution in [3.8, 4) is 0 Å². The summed E-state index contributed by atoms with van der Waals surface area (Å²) in [7, 11) is 1.34. The smallest absolute Gasteiger partial charge is 0.342 e. The van der Waals surface area contributed by atoms with Gasteiger partial charge >= 0.3 is 12.4 Å². The molecule has 0 aromatic heterocycles. The molecule has 2 fully saturated rings. The topological polar surface area (TPSA) is 52.7 Å². The van der Waals surface area contributed by atoms with E-state index in [-0.39, 0.29) is 59.9 Å². The van der Waals surface area contributed by atoms with Crippen molar-refractivity contribution in [1.82, 2.24) is 15.1 Å². The van der Waals surface area contributed by atoms with Crippen molar-refractivity contribution in [3.05, 3.63) is 68.7 Å². The molecule has 0 radical (unpaired) electrons. The molecule has 2 unspecified atom stereocenters. The van der Waals surface area contributed by atoms with Crippen LogP contribution in [-0.4, -0.2) is 60.9 Å². The summed E-state index contributed by atoms with van der Waals surface area (Å²) in [6.07, 6.45) is -8.54. The van der Waals surface area contributed by atoms with Crippen molar-refractivity contribution in [1.29, 1.82) is 0 Å². The molecule has 2 atom stereocenters. The SMILES string of the molecule is CN(C(=O)c1cc(C(F)(F)F)cc(C(F)(F)F)c1)C1CCN(C(=O)C2CCNCC2)CC1c1ccc(Cl)c(Cl)c1.Cl. The van der Waals surface area contributed by atoms with Crippen molar-refractivity contribution < 1.29 is 35.9 Å². The van der Waals surface area contributed by atoms with Gasteiger partial charge in [0.05, 0.1) is 21.2 Å². The Bertz CT molecular complexity index is 1240. The lowest BCUT2D eigenvalue weighted by atomic mass is 9.83. The van der Waals surface area contributed by atoms with Crippen LogP contribution in [0.3, 0.4) is 0 Å². The number of likely N-dealkylation sites (N-methyl/N-ethyl adjacent to an activating group) is 1. The van der Waals surface area contributed by atoms with Gasteiger partial charge in [0.1, 0.15) is 0 Å². The van der Waals surface area contributed by atoms with Gasteiger partial charge in [0, 0.05) is 43.6 Å². The van der Waals surface area contributed by atoms with Gasteiger partial charge in [-0.3, -0.25) is 9.59 Å². The molecule has 2 heterocycles. The highest BCUT2D eigenvalue weighted by molar-refractivity contribution is 6.42. The summed E-state index contributed by atoms with van der Waals surface area (Å²) in [6.45, 7) is 1.91. The van der Waals surface area contributed by atoms with Crippen LogP contribution < -0.4 is 5.32 Å². The number of likely N-dealkylation sites (tertiary alicyclic amines) is 1. The highest BCUT2D eigenvalue weighted by Crippen LogP contribution is 2.38. The van der Waals surface area contributed by atoms with Crippen LogP contribution in [0.1, 0.15) is 52.2 Å². The van der Waals surface area contributed by atoms with E-state index in [0.29, 0.717) is 30.5 Å². The zero-order valence-electron chi connectivity index (χ0n) is 21.8. The van der Waals surface area contributed by atoms with E-state index in [4.69, 9.17) is 23.2 Å². The lowest BCUT2D eigenvalue weighted by Gasteiger charge is -2.44. The number of carbonyl (C=O) groups is 2. The Morgan fingerprint density at radius 2 is 1.49 bits per heavy atom. The van der Waals surface area contributed by atoms with Gasteiger partial charge in [-0.15, -0.1) is 12.4 Å². The molecule has 2 aromatic rings. The summed E-state index contributed by atoms with van der Waals surface area (Å²) in [4.78, 5) is 29.6. The van der Waals surface area contributed by atoms with Gasteiger partial charge in [-0.25, -0.2) is 0 Å². The lowest BCUT2D eigenvalue weighted by Crippen LogP contribution is -2.53. The fourth-order valence-electron chi connectivity index (χ4n) is 5.43. The highest BCUT2D eigenvalue weighted by Gasteiger charge is 2.41. The zero-order valence-corrected chi connectivity index (χ0v) is 24.1. The molecule has 0 aliphatic carbocycles. The maximum absolute atomic E-state index is 13.4. The second kappa shape index (κ2) is 13.0. The number of carbonyl (C=O) groups excluding carboxylic acids is 2. The third-order valence-electron chi connectivity index (χ3n) is 7.60. The van der Waals surface area contributed by atoms with Gasteiger partial charge in [-0.2, -0.15) is 26.3 Å². The van der Waals surface area contributed by atoms with E-state index in [0.717, 1.165) is 18.0 Å². The number of rotatable bonds is 4. The maximum atomic E-state index is 13.4. The third kappa shape index (κ3) is 7.60. The number of nitrogens with zero attached hydrogens (tertiary/aromatic N) is 2. The largest absolute Gasteiger partial charge is 0.416 e. The lowest BCUT2D eigenvalue weighted by molar-refractivity contribution is -0.143. The average molecular weight is 647 g/mol. The molecule has 0 saturated carbocycles. The van der Waals surface area contributed by atoms with Crippen molar-refractivity contribution in [2.45, 2.75) is 43.6 Å². The number of amides is 2. The van der Waals surface area contributed by atoms with Crippen LogP contribution in [0.25, 0.3) is 0 Å². The van der Waals surface area contributed by atoms with Crippen LogP contribution >= 0.6 is 35.6 Å². The Kier molecular flexibility index (Phi) is 10.5. The van der Waals surface area contributed by atoms with Gasteiger partial charge in [-0.05, 0) is 68.2 Å². The second-order valence-electron chi connectivity index (χ2n) is 10.2. The van der Waals surface area contributed by atoms with E-state index in [1.54, 1.807) is 23.1 Å². The quantitative estimate of drug-likeness (QED) is 0.368. The van der Waals surface area contributed by atoms with Gasteiger partial charge in [0.25, 0.3) is 5.91 Å². The minimum Gasteiger partial charge on any atom is -0.342 e. The van der Waals surface area contributed by atoms with Crippen molar-refractivity contribution in [2.75, 3.05) is 33.2 Å². The van der Waals surface area contributed by atoms with Gasteiger partial charge in [0.15, 0.2) is 0 Å². The molecule has 2 amide bonds. The zero-order chi connectivity index (χ0) is 29.4. The first-order chi connectivity index (χ1) is 18.7. The maximum Gasteiger partial charge on any atom is 0.416 e. The second-order valence-corrected chi connectivity index (χ2v) is 11.0. The number of alkyl halides is 6. The molecule has 41 heavy (non-hydrogen) atoms. The molecule has 14 heteroatoms. The number of halogens is 9. The Labute approximate surface area is 249 Å². The van der Waals surface area contributed by atoms with E-state index in [1.165, 1.54) is 7.05 Å². The van der Waals surface area contributed by atoms with Crippen molar-refractivity contribution in [3.63, 3.8) is 0 Å². The summed E-state index contributed by atoms with van der Waals surface area (Å²) in [6, 6.07) is 5.05. The van der Waals surface area contributed by atoms with Crippen LogP contribution in [0.5, 0.6) is 0 Å². The first kappa shape index (κ1) is 33.3. The summed E-state index contributed by atoms with van der Waals surface area (Å²) in [5, 5.41) is 3.74. The minimum atomic E-state index is -5.09. The molecule has 0 spiro atoms. The number of hydrogen-bond acceptors (Lipinski definition) is 3. The molecule has 226 valence electrons. The molecule has 5 nitrogen and oxygen atoms in total. The monoisotopic (exact) mass is 645 g/mol. The van der Waals surface area contributed by atoms with Crippen molar-refractivity contribution in [2.24, 2.45) is 5.92 Å². The van der Waals surface area contributed by atoms with E-state index >= 15 is 0 Å². The summed E-state index contributed by atoms with van der Waals surface area (Å²) in [5.41, 5.74) is -3.22. The van der Waals surface area contributed by atoms with Crippen LogP contribution in [0, 0.1) is 5.92 Å². The Morgan fingerprint density at radius 3 is 2.02 bits per heavy atom. The molecular weight excluding hydrogens is 619 g/mol. The van der Waals surface area contributed by atoms with Crippen molar-refractivity contribution >= 4 is 47.4 Å². The Hall–Kier alpha value is -2.21. The number of piperidine rings is 2. The molecule has 2 aromatic carbocycles.